The Hall–Kier alpha value is -0.820. The molecule has 0 saturated carbocycles. The molecule has 0 unspecified atom stereocenters. The fourth-order valence-corrected chi connectivity index (χ4v) is 3.11. The number of hydrogen-bond donors (Lipinski definition) is 0. The molecule has 68 valence electrons. The molecule has 1 saturated heterocycles. The summed E-state index contributed by atoms with van der Waals surface area (Å²) >= 11 is 0. The molecule has 0 aliphatic carbocycles. The van der Waals surface area contributed by atoms with Gasteiger partial charge in [0.15, 0.2) is 0 Å². The van der Waals surface area contributed by atoms with Crippen molar-refractivity contribution in [2.75, 3.05) is 7.05 Å². The first-order valence-corrected chi connectivity index (χ1v) is 5.10. The molecule has 2 heterocycles. The van der Waals surface area contributed by atoms with Crippen LogP contribution in [0.15, 0.2) is 18.2 Å². The van der Waals surface area contributed by atoms with Crippen LogP contribution in [0, 0.1) is 6.92 Å². The summed E-state index contributed by atoms with van der Waals surface area (Å²) in [5.41, 5.74) is 4.71. The van der Waals surface area contributed by atoms with Crippen molar-refractivity contribution in [2.45, 2.75) is 31.8 Å². The van der Waals surface area contributed by atoms with Gasteiger partial charge >= 0.3 is 0 Å². The predicted molar refractivity (Wildman–Crippen MR) is 53.7 cm³/mol. The number of nitrogens with zero attached hydrogens (tertiary/aromatic N) is 1. The van der Waals surface area contributed by atoms with Gasteiger partial charge in [-0.3, -0.25) is 4.90 Å². The molecule has 2 aliphatic rings. The average molecular weight is 173 g/mol. The van der Waals surface area contributed by atoms with Gasteiger partial charge in [-0.25, -0.2) is 0 Å². The third-order valence-electron chi connectivity index (χ3n) is 3.75. The van der Waals surface area contributed by atoms with Gasteiger partial charge in [0.1, 0.15) is 0 Å². The quantitative estimate of drug-likeness (QED) is 0.583. The van der Waals surface area contributed by atoms with Gasteiger partial charge in [0.05, 0.1) is 0 Å². The van der Waals surface area contributed by atoms with E-state index in [2.05, 4.69) is 37.1 Å². The van der Waals surface area contributed by atoms with E-state index in [0.29, 0.717) is 0 Å². The van der Waals surface area contributed by atoms with Gasteiger partial charge in [-0.05, 0) is 43.5 Å². The van der Waals surface area contributed by atoms with Crippen LogP contribution in [-0.4, -0.2) is 11.9 Å². The van der Waals surface area contributed by atoms with Crippen LogP contribution in [0.4, 0.5) is 0 Å². The van der Waals surface area contributed by atoms with Crippen molar-refractivity contribution in [3.05, 3.63) is 34.9 Å². The SMILES string of the molecule is Cc1cccc2c1[C@@H]1CC[C@H]2N1C. The molecule has 1 heteroatoms. The zero-order valence-corrected chi connectivity index (χ0v) is 8.25. The van der Waals surface area contributed by atoms with E-state index in [1.807, 2.05) is 0 Å². The number of fused-ring (bicyclic) bond motifs is 5. The highest BCUT2D eigenvalue weighted by atomic mass is 15.2. The van der Waals surface area contributed by atoms with Crippen LogP contribution < -0.4 is 0 Å². The molecule has 2 atom stereocenters. The van der Waals surface area contributed by atoms with E-state index in [1.165, 1.54) is 18.4 Å². The number of benzene rings is 1. The van der Waals surface area contributed by atoms with Crippen LogP contribution in [0.25, 0.3) is 0 Å². The molecule has 2 bridgehead atoms. The summed E-state index contributed by atoms with van der Waals surface area (Å²) < 4.78 is 0. The Labute approximate surface area is 79.4 Å². The van der Waals surface area contributed by atoms with E-state index in [-0.39, 0.29) is 0 Å². The van der Waals surface area contributed by atoms with Gasteiger partial charge in [-0.1, -0.05) is 18.2 Å². The van der Waals surface area contributed by atoms with Gasteiger partial charge in [-0.2, -0.15) is 0 Å². The normalized spacial score (nSPS) is 30.9. The number of aryl methyl sites for hydroxylation is 1. The van der Waals surface area contributed by atoms with E-state index in [0.717, 1.165) is 12.1 Å². The number of hydrogen-bond acceptors (Lipinski definition) is 1. The summed E-state index contributed by atoms with van der Waals surface area (Å²) in [5, 5.41) is 0. The van der Waals surface area contributed by atoms with E-state index in [4.69, 9.17) is 0 Å². The van der Waals surface area contributed by atoms with Gasteiger partial charge in [-0.15, -0.1) is 0 Å². The molecule has 0 aromatic heterocycles. The Morgan fingerprint density at radius 3 is 2.77 bits per heavy atom. The Kier molecular flexibility index (Phi) is 1.37. The first kappa shape index (κ1) is 7.57. The van der Waals surface area contributed by atoms with Crippen molar-refractivity contribution < 1.29 is 0 Å². The van der Waals surface area contributed by atoms with E-state index in [9.17, 15) is 0 Å². The maximum atomic E-state index is 2.54. The van der Waals surface area contributed by atoms with Crippen molar-refractivity contribution in [3.8, 4) is 0 Å². The van der Waals surface area contributed by atoms with Crippen molar-refractivity contribution in [1.82, 2.24) is 4.90 Å². The Morgan fingerprint density at radius 1 is 1.23 bits per heavy atom. The zero-order valence-electron chi connectivity index (χ0n) is 8.25. The molecular weight excluding hydrogens is 158 g/mol. The van der Waals surface area contributed by atoms with Gasteiger partial charge in [0.2, 0.25) is 0 Å². The van der Waals surface area contributed by atoms with E-state index < -0.39 is 0 Å². The Balaban J connectivity index is 2.24. The van der Waals surface area contributed by atoms with Crippen molar-refractivity contribution >= 4 is 0 Å². The first-order chi connectivity index (χ1) is 6.29. The van der Waals surface area contributed by atoms with Gasteiger partial charge < -0.3 is 0 Å². The molecule has 2 aliphatic heterocycles. The average Bonchev–Trinajstić information content (AvgIpc) is 2.61. The lowest BCUT2D eigenvalue weighted by Crippen LogP contribution is -2.12. The third kappa shape index (κ3) is 0.806. The first-order valence-electron chi connectivity index (χ1n) is 5.10. The molecule has 1 aromatic rings. The summed E-state index contributed by atoms with van der Waals surface area (Å²) in [4.78, 5) is 2.54. The summed E-state index contributed by atoms with van der Waals surface area (Å²) in [6, 6.07) is 8.19. The minimum absolute atomic E-state index is 0.722. The highest BCUT2D eigenvalue weighted by Crippen LogP contribution is 2.52. The Morgan fingerprint density at radius 2 is 2.00 bits per heavy atom. The fourth-order valence-electron chi connectivity index (χ4n) is 3.11. The molecule has 13 heavy (non-hydrogen) atoms. The maximum absolute atomic E-state index is 2.54. The Bertz CT molecular complexity index is 356. The summed E-state index contributed by atoms with van der Waals surface area (Å²) in [6.07, 6.45) is 2.72. The zero-order chi connectivity index (χ0) is 9.00. The van der Waals surface area contributed by atoms with E-state index >= 15 is 0 Å². The van der Waals surface area contributed by atoms with Crippen LogP contribution in [0.2, 0.25) is 0 Å². The van der Waals surface area contributed by atoms with Crippen LogP contribution in [0.1, 0.15) is 41.6 Å². The van der Waals surface area contributed by atoms with Crippen LogP contribution in [0.3, 0.4) is 0 Å². The lowest BCUT2D eigenvalue weighted by molar-refractivity contribution is 0.280. The largest absolute Gasteiger partial charge is 0.292 e. The monoisotopic (exact) mass is 173 g/mol. The summed E-state index contributed by atoms with van der Waals surface area (Å²) in [7, 11) is 2.27. The fraction of sp³-hybridized carbons (Fsp3) is 0.500. The molecule has 0 radical (unpaired) electrons. The topological polar surface area (TPSA) is 3.24 Å². The molecule has 0 spiro atoms. The second-order valence-electron chi connectivity index (χ2n) is 4.35. The molecular formula is C12H15N. The molecule has 1 aromatic carbocycles. The van der Waals surface area contributed by atoms with Crippen LogP contribution in [0.5, 0.6) is 0 Å². The highest BCUT2D eigenvalue weighted by Gasteiger charge is 2.41. The summed E-state index contributed by atoms with van der Waals surface area (Å²) in [6.45, 7) is 2.24. The van der Waals surface area contributed by atoms with Gasteiger partial charge in [0, 0.05) is 12.1 Å². The highest BCUT2D eigenvalue weighted by molar-refractivity contribution is 5.44. The molecule has 3 rings (SSSR count). The minimum atomic E-state index is 0.722. The van der Waals surface area contributed by atoms with Crippen molar-refractivity contribution in [2.24, 2.45) is 0 Å². The van der Waals surface area contributed by atoms with Crippen LogP contribution >= 0.6 is 0 Å². The van der Waals surface area contributed by atoms with E-state index in [1.54, 1.807) is 11.1 Å². The number of rotatable bonds is 0. The minimum Gasteiger partial charge on any atom is -0.292 e. The van der Waals surface area contributed by atoms with Crippen molar-refractivity contribution in [3.63, 3.8) is 0 Å². The second kappa shape index (κ2) is 2.36. The van der Waals surface area contributed by atoms with Crippen LogP contribution in [-0.2, 0) is 0 Å². The lowest BCUT2D eigenvalue weighted by Gasteiger charge is -2.15. The van der Waals surface area contributed by atoms with Gasteiger partial charge in [0.25, 0.3) is 0 Å². The van der Waals surface area contributed by atoms with Crippen molar-refractivity contribution in [1.29, 1.82) is 0 Å². The standard InChI is InChI=1S/C12H15N/c1-8-4-3-5-9-10-6-7-11(12(8)9)13(10)2/h3-5,10-11H,6-7H2,1-2H3/t10-,11+/m1/s1. The molecule has 1 fully saturated rings. The summed E-state index contributed by atoms with van der Waals surface area (Å²) in [5.74, 6) is 0. The second-order valence-corrected chi connectivity index (χ2v) is 4.35. The third-order valence-corrected chi connectivity index (χ3v) is 3.75. The maximum Gasteiger partial charge on any atom is 0.0357 e. The molecule has 1 nitrogen and oxygen atoms in total. The molecule has 0 amide bonds. The lowest BCUT2D eigenvalue weighted by atomic mass is 9.89. The molecule has 0 N–H and O–H groups in total. The predicted octanol–water partition coefficient (Wildman–Crippen LogP) is 2.82. The smallest absolute Gasteiger partial charge is 0.0357 e.